The van der Waals surface area contributed by atoms with E-state index in [1.165, 1.54) is 0 Å². The van der Waals surface area contributed by atoms with Crippen LogP contribution in [0, 0.1) is 0 Å². The molecule has 0 atom stereocenters. The highest BCUT2D eigenvalue weighted by atomic mass is 35.5. The van der Waals surface area contributed by atoms with Gasteiger partial charge in [0.2, 0.25) is 0 Å². The van der Waals surface area contributed by atoms with E-state index >= 15 is 0 Å². The summed E-state index contributed by atoms with van der Waals surface area (Å²) < 4.78 is 0. The molecule has 0 heterocycles. The van der Waals surface area contributed by atoms with Gasteiger partial charge >= 0.3 is 6.03 Å². The lowest BCUT2D eigenvalue weighted by molar-refractivity contribution is 0.248. The van der Waals surface area contributed by atoms with E-state index in [1.807, 2.05) is 30.3 Å². The van der Waals surface area contributed by atoms with Gasteiger partial charge in [-0.05, 0) is 12.1 Å². The molecule has 0 bridgehead atoms. The molecule has 0 unspecified atom stereocenters. The van der Waals surface area contributed by atoms with E-state index in [-0.39, 0.29) is 6.03 Å². The van der Waals surface area contributed by atoms with Crippen LogP contribution in [0.4, 0.5) is 10.5 Å². The van der Waals surface area contributed by atoms with Crippen LogP contribution in [0.1, 0.15) is 0 Å². The zero-order valence-electron chi connectivity index (χ0n) is 8.03. The average Bonchev–Trinajstić information content (AvgIpc) is 2.26. The minimum atomic E-state index is -0.142. The third kappa shape index (κ3) is 2.64. The summed E-state index contributed by atoms with van der Waals surface area (Å²) in [6, 6.07) is 9.30. The molecule has 0 saturated carbocycles. The maximum Gasteiger partial charge on any atom is 0.321 e. The first-order chi connectivity index (χ1) is 6.79. The van der Waals surface area contributed by atoms with Crippen molar-refractivity contribution in [3.63, 3.8) is 0 Å². The van der Waals surface area contributed by atoms with Gasteiger partial charge in [-0.25, -0.2) is 4.79 Å². The lowest BCUT2D eigenvalue weighted by Gasteiger charge is -2.20. The number of amides is 2. The highest BCUT2D eigenvalue weighted by Crippen LogP contribution is 2.12. The van der Waals surface area contributed by atoms with Crippen molar-refractivity contribution in [1.29, 1.82) is 0 Å². The van der Waals surface area contributed by atoms with Gasteiger partial charge in [0.05, 0.1) is 0 Å². The second kappa shape index (κ2) is 5.50. The standard InChI is InChI=1S/C10H13ClN2O/c1-12-10(14)13(8-7-11)9-5-3-2-4-6-9/h2-6H,7-8H2,1H3,(H,12,14). The maximum atomic E-state index is 11.5. The van der Waals surface area contributed by atoms with Crippen LogP contribution in [0.15, 0.2) is 30.3 Å². The SMILES string of the molecule is CNC(=O)N(CCCl)c1ccccc1. The van der Waals surface area contributed by atoms with Crippen molar-refractivity contribution in [2.45, 2.75) is 0 Å². The van der Waals surface area contributed by atoms with Crippen LogP contribution in [0.5, 0.6) is 0 Å². The number of para-hydroxylation sites is 1. The lowest BCUT2D eigenvalue weighted by Crippen LogP contribution is -2.39. The fourth-order valence-electron chi connectivity index (χ4n) is 1.18. The lowest BCUT2D eigenvalue weighted by atomic mass is 10.3. The normalized spacial score (nSPS) is 9.57. The highest BCUT2D eigenvalue weighted by Gasteiger charge is 2.12. The first kappa shape index (κ1) is 10.9. The number of carbonyl (C=O) groups is 1. The summed E-state index contributed by atoms with van der Waals surface area (Å²) in [5.41, 5.74) is 0.854. The van der Waals surface area contributed by atoms with Crippen molar-refractivity contribution in [3.8, 4) is 0 Å². The molecule has 0 aliphatic carbocycles. The first-order valence-electron chi connectivity index (χ1n) is 4.40. The van der Waals surface area contributed by atoms with Gasteiger partial charge in [0, 0.05) is 25.2 Å². The number of nitrogens with zero attached hydrogens (tertiary/aromatic N) is 1. The molecule has 0 aromatic heterocycles. The number of halogens is 1. The fraction of sp³-hybridized carbons (Fsp3) is 0.300. The van der Waals surface area contributed by atoms with Gasteiger partial charge in [-0.2, -0.15) is 0 Å². The minimum absolute atomic E-state index is 0.142. The van der Waals surface area contributed by atoms with Crippen LogP contribution in [0.25, 0.3) is 0 Å². The highest BCUT2D eigenvalue weighted by molar-refractivity contribution is 6.18. The van der Waals surface area contributed by atoms with Crippen molar-refractivity contribution in [2.24, 2.45) is 0 Å². The Hall–Kier alpha value is -1.22. The summed E-state index contributed by atoms with van der Waals surface area (Å²) in [4.78, 5) is 13.1. The molecule has 0 fully saturated rings. The van der Waals surface area contributed by atoms with Crippen LogP contribution in [-0.2, 0) is 0 Å². The van der Waals surface area contributed by atoms with Crippen LogP contribution in [0.2, 0.25) is 0 Å². The summed E-state index contributed by atoms with van der Waals surface area (Å²) in [6.45, 7) is 0.505. The molecule has 0 aliphatic rings. The Balaban J connectivity index is 2.83. The number of urea groups is 1. The molecular formula is C10H13ClN2O. The van der Waals surface area contributed by atoms with Crippen LogP contribution in [0.3, 0.4) is 0 Å². The zero-order chi connectivity index (χ0) is 10.4. The van der Waals surface area contributed by atoms with Crippen LogP contribution in [-0.4, -0.2) is 25.5 Å². The molecule has 1 aromatic rings. The van der Waals surface area contributed by atoms with Gasteiger partial charge in [-0.1, -0.05) is 18.2 Å². The quantitative estimate of drug-likeness (QED) is 0.765. The number of benzene rings is 1. The minimum Gasteiger partial charge on any atom is -0.341 e. The van der Waals surface area contributed by atoms with Crippen LogP contribution >= 0.6 is 11.6 Å². The summed E-state index contributed by atoms with van der Waals surface area (Å²) in [7, 11) is 1.60. The molecule has 1 aromatic carbocycles. The Morgan fingerprint density at radius 2 is 2.07 bits per heavy atom. The molecule has 14 heavy (non-hydrogen) atoms. The van der Waals surface area contributed by atoms with Crippen molar-refractivity contribution < 1.29 is 4.79 Å². The first-order valence-corrected chi connectivity index (χ1v) is 4.93. The molecule has 1 N–H and O–H groups in total. The van der Waals surface area contributed by atoms with E-state index in [0.29, 0.717) is 12.4 Å². The second-order valence-corrected chi connectivity index (χ2v) is 3.11. The number of carbonyl (C=O) groups excluding carboxylic acids is 1. The number of hydrogen-bond donors (Lipinski definition) is 1. The smallest absolute Gasteiger partial charge is 0.321 e. The van der Waals surface area contributed by atoms with Gasteiger partial charge in [0.25, 0.3) is 0 Å². The number of nitrogens with one attached hydrogen (secondary N) is 1. The Morgan fingerprint density at radius 3 is 2.57 bits per heavy atom. The maximum absolute atomic E-state index is 11.5. The molecule has 0 aliphatic heterocycles. The monoisotopic (exact) mass is 212 g/mol. The summed E-state index contributed by atoms with van der Waals surface area (Å²) in [5.74, 6) is 0.419. The molecule has 2 amide bonds. The van der Waals surface area contributed by atoms with Gasteiger partial charge in [-0.15, -0.1) is 11.6 Å². The van der Waals surface area contributed by atoms with E-state index in [4.69, 9.17) is 11.6 Å². The molecule has 0 spiro atoms. The number of hydrogen-bond acceptors (Lipinski definition) is 1. The largest absolute Gasteiger partial charge is 0.341 e. The summed E-state index contributed by atoms with van der Waals surface area (Å²) >= 11 is 5.63. The fourth-order valence-corrected chi connectivity index (χ4v) is 1.34. The molecular weight excluding hydrogens is 200 g/mol. The van der Waals surface area contributed by atoms with Crippen molar-refractivity contribution in [2.75, 3.05) is 24.4 Å². The molecule has 3 nitrogen and oxygen atoms in total. The van der Waals surface area contributed by atoms with Gasteiger partial charge in [0.1, 0.15) is 0 Å². The number of anilines is 1. The number of rotatable bonds is 3. The van der Waals surface area contributed by atoms with E-state index in [0.717, 1.165) is 5.69 Å². The van der Waals surface area contributed by atoms with Crippen LogP contribution < -0.4 is 10.2 Å². The Kier molecular flexibility index (Phi) is 4.26. The zero-order valence-corrected chi connectivity index (χ0v) is 8.79. The Labute approximate surface area is 88.7 Å². The molecule has 4 heteroatoms. The molecule has 0 saturated heterocycles. The molecule has 1 rings (SSSR count). The van der Waals surface area contributed by atoms with Gasteiger partial charge in [0.15, 0.2) is 0 Å². The van der Waals surface area contributed by atoms with E-state index in [2.05, 4.69) is 5.32 Å². The van der Waals surface area contributed by atoms with Gasteiger partial charge in [-0.3, -0.25) is 4.90 Å². The summed E-state index contributed by atoms with van der Waals surface area (Å²) in [6.07, 6.45) is 0. The molecule has 0 radical (unpaired) electrons. The molecule has 76 valence electrons. The van der Waals surface area contributed by atoms with Crippen molar-refractivity contribution in [3.05, 3.63) is 30.3 Å². The average molecular weight is 213 g/mol. The Bertz CT molecular complexity index is 289. The van der Waals surface area contributed by atoms with E-state index in [1.54, 1.807) is 11.9 Å². The second-order valence-electron chi connectivity index (χ2n) is 2.73. The predicted octanol–water partition coefficient (Wildman–Crippen LogP) is 2.07. The number of alkyl halides is 1. The Morgan fingerprint density at radius 1 is 1.43 bits per heavy atom. The van der Waals surface area contributed by atoms with E-state index < -0.39 is 0 Å². The van der Waals surface area contributed by atoms with Crippen molar-refractivity contribution in [1.82, 2.24) is 5.32 Å². The van der Waals surface area contributed by atoms with Gasteiger partial charge < -0.3 is 5.32 Å². The van der Waals surface area contributed by atoms with Crippen molar-refractivity contribution >= 4 is 23.3 Å². The predicted molar refractivity (Wildman–Crippen MR) is 59.0 cm³/mol. The third-order valence-electron chi connectivity index (χ3n) is 1.84. The van der Waals surface area contributed by atoms with E-state index in [9.17, 15) is 4.79 Å². The summed E-state index contributed by atoms with van der Waals surface area (Å²) in [5, 5.41) is 2.58. The topological polar surface area (TPSA) is 32.3 Å². The third-order valence-corrected chi connectivity index (χ3v) is 2.00.